The first-order valence-corrected chi connectivity index (χ1v) is 8.24. The maximum atomic E-state index is 13.8. The summed E-state index contributed by atoms with van der Waals surface area (Å²) < 4.78 is 40.1. The summed E-state index contributed by atoms with van der Waals surface area (Å²) in [4.78, 5) is 16.2. The number of carbonyl (C=O) groups is 1. The van der Waals surface area contributed by atoms with Gasteiger partial charge >= 0.3 is 0 Å². The number of benzene rings is 2. The highest BCUT2D eigenvalue weighted by Crippen LogP contribution is 2.15. The van der Waals surface area contributed by atoms with Crippen molar-refractivity contribution in [1.29, 1.82) is 0 Å². The van der Waals surface area contributed by atoms with Gasteiger partial charge in [0, 0.05) is 32.7 Å². The number of halogens is 3. The van der Waals surface area contributed by atoms with Crippen LogP contribution in [0.25, 0.3) is 0 Å². The van der Waals surface area contributed by atoms with Crippen LogP contribution in [-0.4, -0.2) is 41.9 Å². The lowest BCUT2D eigenvalue weighted by atomic mass is 10.1. The molecule has 1 aliphatic rings. The molecule has 1 aliphatic heterocycles. The summed E-state index contributed by atoms with van der Waals surface area (Å²) in [5.74, 6) is -2.09. The van der Waals surface area contributed by atoms with Gasteiger partial charge in [0.25, 0.3) is 5.91 Å². The van der Waals surface area contributed by atoms with Gasteiger partial charge in [-0.1, -0.05) is 12.1 Å². The summed E-state index contributed by atoms with van der Waals surface area (Å²) in [6.45, 7) is 3.01. The van der Waals surface area contributed by atoms with Crippen molar-refractivity contribution in [3.8, 4) is 0 Å². The predicted octanol–water partition coefficient (Wildman–Crippen LogP) is 3.45. The van der Waals surface area contributed by atoms with Gasteiger partial charge in [-0.2, -0.15) is 0 Å². The number of hydrogen-bond acceptors (Lipinski definition) is 2. The van der Waals surface area contributed by atoms with E-state index < -0.39 is 17.5 Å². The van der Waals surface area contributed by atoms with Crippen molar-refractivity contribution in [2.75, 3.05) is 26.2 Å². The van der Waals surface area contributed by atoms with E-state index in [-0.39, 0.29) is 11.4 Å². The Hall–Kier alpha value is -2.34. The Balaban J connectivity index is 1.64. The van der Waals surface area contributed by atoms with Gasteiger partial charge in [-0.05, 0) is 42.3 Å². The van der Waals surface area contributed by atoms with Gasteiger partial charge in [-0.3, -0.25) is 9.69 Å². The van der Waals surface area contributed by atoms with E-state index >= 15 is 0 Å². The molecule has 2 aromatic carbocycles. The normalized spacial score (nSPS) is 15.9. The van der Waals surface area contributed by atoms with E-state index in [0.717, 1.165) is 36.7 Å². The summed E-state index contributed by atoms with van der Waals surface area (Å²) in [6, 6.07) is 9.25. The Kier molecular flexibility index (Phi) is 5.38. The molecule has 3 nitrogen and oxygen atoms in total. The first-order chi connectivity index (χ1) is 12.0. The van der Waals surface area contributed by atoms with E-state index in [4.69, 9.17) is 0 Å². The zero-order valence-electron chi connectivity index (χ0n) is 13.7. The first kappa shape index (κ1) is 17.5. The average Bonchev–Trinajstić information content (AvgIpc) is 2.84. The molecule has 132 valence electrons. The highest BCUT2D eigenvalue weighted by atomic mass is 19.1. The molecule has 1 fully saturated rings. The van der Waals surface area contributed by atoms with Crippen LogP contribution in [0.3, 0.4) is 0 Å². The zero-order chi connectivity index (χ0) is 17.8. The number of carbonyl (C=O) groups excluding carboxylic acids is 1. The first-order valence-electron chi connectivity index (χ1n) is 8.24. The number of amides is 1. The molecule has 0 spiro atoms. The summed E-state index contributed by atoms with van der Waals surface area (Å²) in [7, 11) is 0. The van der Waals surface area contributed by atoms with Crippen LogP contribution in [0.2, 0.25) is 0 Å². The molecular formula is C19H19F3N2O. The van der Waals surface area contributed by atoms with Gasteiger partial charge in [-0.25, -0.2) is 13.2 Å². The maximum absolute atomic E-state index is 13.8. The van der Waals surface area contributed by atoms with E-state index in [1.165, 1.54) is 12.1 Å². The molecule has 0 aromatic heterocycles. The van der Waals surface area contributed by atoms with E-state index in [1.54, 1.807) is 17.0 Å². The van der Waals surface area contributed by atoms with Gasteiger partial charge in [0.05, 0.1) is 5.56 Å². The monoisotopic (exact) mass is 348 g/mol. The summed E-state index contributed by atoms with van der Waals surface area (Å²) in [6.07, 6.45) is 0.740. The summed E-state index contributed by atoms with van der Waals surface area (Å²) in [5, 5.41) is 0. The van der Waals surface area contributed by atoms with Crippen molar-refractivity contribution in [2.24, 2.45) is 0 Å². The zero-order valence-corrected chi connectivity index (χ0v) is 13.7. The Bertz CT molecular complexity index is 749. The lowest BCUT2D eigenvalue weighted by Gasteiger charge is -2.22. The fourth-order valence-corrected chi connectivity index (χ4v) is 3.01. The smallest absolute Gasteiger partial charge is 0.256 e. The summed E-state index contributed by atoms with van der Waals surface area (Å²) >= 11 is 0. The quantitative estimate of drug-likeness (QED) is 0.848. The SMILES string of the molecule is O=C(c1cc(F)ccc1F)N1CCCN(Cc2ccc(F)cc2)CC1. The van der Waals surface area contributed by atoms with Gasteiger partial charge in [0.15, 0.2) is 0 Å². The molecule has 3 rings (SSSR count). The van der Waals surface area contributed by atoms with E-state index in [0.29, 0.717) is 26.2 Å². The third-order valence-electron chi connectivity index (χ3n) is 4.35. The molecule has 2 aromatic rings. The largest absolute Gasteiger partial charge is 0.337 e. The fourth-order valence-electron chi connectivity index (χ4n) is 3.01. The molecule has 0 saturated carbocycles. The van der Waals surface area contributed by atoms with E-state index in [1.807, 2.05) is 0 Å². The molecule has 0 atom stereocenters. The Morgan fingerprint density at radius 3 is 2.36 bits per heavy atom. The van der Waals surface area contributed by atoms with Gasteiger partial charge < -0.3 is 4.90 Å². The molecule has 0 aliphatic carbocycles. The molecule has 1 saturated heterocycles. The van der Waals surface area contributed by atoms with E-state index in [9.17, 15) is 18.0 Å². The maximum Gasteiger partial charge on any atom is 0.256 e. The fraction of sp³-hybridized carbons (Fsp3) is 0.316. The van der Waals surface area contributed by atoms with Crippen molar-refractivity contribution in [3.05, 3.63) is 71.0 Å². The van der Waals surface area contributed by atoms with Crippen molar-refractivity contribution >= 4 is 5.91 Å². The molecule has 0 N–H and O–H groups in total. The topological polar surface area (TPSA) is 23.6 Å². The molecule has 0 bridgehead atoms. The van der Waals surface area contributed by atoms with Crippen LogP contribution in [-0.2, 0) is 6.54 Å². The Morgan fingerprint density at radius 2 is 1.60 bits per heavy atom. The van der Waals surface area contributed by atoms with E-state index in [2.05, 4.69) is 4.90 Å². The predicted molar refractivity (Wildman–Crippen MR) is 88.6 cm³/mol. The average molecular weight is 348 g/mol. The molecule has 6 heteroatoms. The molecule has 0 unspecified atom stereocenters. The lowest BCUT2D eigenvalue weighted by Crippen LogP contribution is -2.35. The van der Waals surface area contributed by atoms with Crippen molar-refractivity contribution in [1.82, 2.24) is 9.80 Å². The Labute approximate surface area is 144 Å². The van der Waals surface area contributed by atoms with Gasteiger partial charge in [0.1, 0.15) is 17.5 Å². The number of hydrogen-bond donors (Lipinski definition) is 0. The van der Waals surface area contributed by atoms with Gasteiger partial charge in [-0.15, -0.1) is 0 Å². The van der Waals surface area contributed by atoms with Crippen molar-refractivity contribution in [2.45, 2.75) is 13.0 Å². The van der Waals surface area contributed by atoms with Crippen LogP contribution in [0.4, 0.5) is 13.2 Å². The number of nitrogens with zero attached hydrogens (tertiary/aromatic N) is 2. The van der Waals surface area contributed by atoms with Crippen LogP contribution in [0.15, 0.2) is 42.5 Å². The second kappa shape index (κ2) is 7.70. The van der Waals surface area contributed by atoms with Crippen molar-refractivity contribution < 1.29 is 18.0 Å². The van der Waals surface area contributed by atoms with Crippen LogP contribution < -0.4 is 0 Å². The van der Waals surface area contributed by atoms with Crippen LogP contribution >= 0.6 is 0 Å². The molecule has 1 amide bonds. The van der Waals surface area contributed by atoms with Crippen LogP contribution in [0, 0.1) is 17.5 Å². The minimum absolute atomic E-state index is 0.230. The van der Waals surface area contributed by atoms with Crippen LogP contribution in [0.5, 0.6) is 0 Å². The second-order valence-corrected chi connectivity index (χ2v) is 6.17. The molecule has 1 heterocycles. The Morgan fingerprint density at radius 1 is 0.880 bits per heavy atom. The summed E-state index contributed by atoms with van der Waals surface area (Å²) in [5.41, 5.74) is 0.768. The van der Waals surface area contributed by atoms with Crippen LogP contribution in [0.1, 0.15) is 22.3 Å². The lowest BCUT2D eigenvalue weighted by molar-refractivity contribution is 0.0756. The number of rotatable bonds is 3. The standard InChI is InChI=1S/C19H19F3N2O/c20-15-4-2-14(3-5-15)13-23-8-1-9-24(11-10-23)19(25)17-12-16(21)6-7-18(17)22/h2-7,12H,1,8-11,13H2. The third-order valence-corrected chi connectivity index (χ3v) is 4.35. The minimum Gasteiger partial charge on any atom is -0.337 e. The minimum atomic E-state index is -0.709. The van der Waals surface area contributed by atoms with Crippen molar-refractivity contribution in [3.63, 3.8) is 0 Å². The third kappa shape index (κ3) is 4.39. The highest BCUT2D eigenvalue weighted by Gasteiger charge is 2.23. The highest BCUT2D eigenvalue weighted by molar-refractivity contribution is 5.94. The second-order valence-electron chi connectivity index (χ2n) is 6.17. The molecule has 25 heavy (non-hydrogen) atoms. The van der Waals surface area contributed by atoms with Gasteiger partial charge in [0.2, 0.25) is 0 Å². The molecular weight excluding hydrogens is 329 g/mol. The molecule has 0 radical (unpaired) electrons.